The second-order valence-electron chi connectivity index (χ2n) is 10.8. The molecule has 9 nitrogen and oxygen atoms in total. The first-order valence-corrected chi connectivity index (χ1v) is 14.0. The number of hydrogen-bond donors (Lipinski definition) is 1. The highest BCUT2D eigenvalue weighted by atomic mass is 35.5. The average Bonchev–Trinajstić information content (AvgIpc) is 2.99. The van der Waals surface area contributed by atoms with Gasteiger partial charge in [0.1, 0.15) is 16.5 Å². The molecule has 2 N–H and O–H groups in total. The van der Waals surface area contributed by atoms with Crippen LogP contribution in [0, 0.1) is 30.2 Å². The number of aryl methyl sites for hydroxylation is 1. The fraction of sp³-hybridized carbons (Fsp3) is 0.300. The van der Waals surface area contributed by atoms with Gasteiger partial charge in [-0.2, -0.15) is 4.98 Å². The van der Waals surface area contributed by atoms with Gasteiger partial charge in [0, 0.05) is 31.9 Å². The van der Waals surface area contributed by atoms with Crippen LogP contribution in [0.3, 0.4) is 0 Å². The quantitative estimate of drug-likeness (QED) is 0.105. The SMILES string of the molecule is C=CC(=O)N1CCN(c2nc(=O)n(-c3c(C)ccnc3C(C)C)c3nc(-c4c(N)c(Cl)c(F)c(F)c4F)c(F)cc23)[C@@H](C)C1. The largest absolute Gasteiger partial charge is 0.397 e. The Labute approximate surface area is 254 Å². The third-order valence-electron chi connectivity index (χ3n) is 7.65. The predicted octanol–water partition coefficient (Wildman–Crippen LogP) is 5.29. The molecular weight excluding hydrogens is 602 g/mol. The Hall–Kier alpha value is -4.52. The molecule has 0 radical (unpaired) electrons. The van der Waals surface area contributed by atoms with E-state index in [1.807, 2.05) is 13.8 Å². The topological polar surface area (TPSA) is 110 Å². The second kappa shape index (κ2) is 11.5. The van der Waals surface area contributed by atoms with Crippen LogP contribution >= 0.6 is 11.6 Å². The van der Waals surface area contributed by atoms with E-state index in [0.717, 1.165) is 10.6 Å². The van der Waals surface area contributed by atoms with Gasteiger partial charge in [0.15, 0.2) is 28.9 Å². The van der Waals surface area contributed by atoms with Gasteiger partial charge < -0.3 is 15.5 Å². The molecule has 14 heteroatoms. The maximum absolute atomic E-state index is 16.0. The number of anilines is 2. The third kappa shape index (κ3) is 4.94. The van der Waals surface area contributed by atoms with Crippen LogP contribution in [-0.2, 0) is 4.79 Å². The number of hydrogen-bond acceptors (Lipinski definition) is 7. The minimum absolute atomic E-state index is 0.0619. The molecule has 1 fully saturated rings. The van der Waals surface area contributed by atoms with Gasteiger partial charge in [0.25, 0.3) is 0 Å². The van der Waals surface area contributed by atoms with Crippen molar-refractivity contribution in [2.75, 3.05) is 30.3 Å². The standard InChI is InChI=1S/C30H28ClF4N7O2/c1-6-18(43)40-9-10-41(15(5)12-40)28-16-11-17(32)26(19-21(33)23(35)22(34)20(31)24(19)36)38-29(16)42(30(44)39-28)27-14(4)7-8-37-25(27)13(2)3/h6-8,11,13,15H,1,9-10,12,36H2,2-5H3/t15-/m0/s1. The highest BCUT2D eigenvalue weighted by Gasteiger charge is 2.32. The van der Waals surface area contributed by atoms with E-state index in [4.69, 9.17) is 17.3 Å². The van der Waals surface area contributed by atoms with E-state index in [0.29, 0.717) is 16.9 Å². The minimum Gasteiger partial charge on any atom is -0.397 e. The predicted molar refractivity (Wildman–Crippen MR) is 160 cm³/mol. The molecule has 44 heavy (non-hydrogen) atoms. The first-order chi connectivity index (χ1) is 20.8. The van der Waals surface area contributed by atoms with E-state index < -0.39 is 50.9 Å². The van der Waals surface area contributed by atoms with E-state index in [2.05, 4.69) is 21.5 Å². The molecule has 3 aromatic heterocycles. The summed E-state index contributed by atoms with van der Waals surface area (Å²) < 4.78 is 60.9. The van der Waals surface area contributed by atoms with Crippen molar-refractivity contribution in [3.05, 3.63) is 81.0 Å². The summed E-state index contributed by atoms with van der Waals surface area (Å²) in [6.07, 6.45) is 2.78. The zero-order chi connectivity index (χ0) is 32.2. The van der Waals surface area contributed by atoms with Crippen LogP contribution in [0.5, 0.6) is 0 Å². The van der Waals surface area contributed by atoms with Crippen LogP contribution in [0.4, 0.5) is 29.1 Å². The normalized spacial score (nSPS) is 15.4. The lowest BCUT2D eigenvalue weighted by Crippen LogP contribution is -2.54. The number of pyridine rings is 2. The highest BCUT2D eigenvalue weighted by Crippen LogP contribution is 2.40. The highest BCUT2D eigenvalue weighted by molar-refractivity contribution is 6.34. The summed E-state index contributed by atoms with van der Waals surface area (Å²) >= 11 is 5.83. The Morgan fingerprint density at radius 1 is 1.16 bits per heavy atom. The van der Waals surface area contributed by atoms with E-state index in [1.54, 1.807) is 35.9 Å². The van der Waals surface area contributed by atoms with Gasteiger partial charge >= 0.3 is 5.69 Å². The molecule has 4 heterocycles. The molecule has 0 bridgehead atoms. The summed E-state index contributed by atoms with van der Waals surface area (Å²) in [5.41, 5.74) is 3.87. The van der Waals surface area contributed by atoms with Gasteiger partial charge in [-0.25, -0.2) is 31.9 Å². The molecule has 0 saturated carbocycles. The lowest BCUT2D eigenvalue weighted by atomic mass is 10.0. The van der Waals surface area contributed by atoms with Crippen LogP contribution in [0.15, 0.2) is 35.8 Å². The molecule has 0 unspecified atom stereocenters. The number of nitrogen functional groups attached to an aromatic ring is 1. The second-order valence-corrected chi connectivity index (χ2v) is 11.2. The summed E-state index contributed by atoms with van der Waals surface area (Å²) in [6.45, 7) is 11.6. The monoisotopic (exact) mass is 629 g/mol. The van der Waals surface area contributed by atoms with Crippen LogP contribution in [0.2, 0.25) is 5.02 Å². The van der Waals surface area contributed by atoms with Crippen LogP contribution in [-0.4, -0.2) is 56.0 Å². The summed E-state index contributed by atoms with van der Waals surface area (Å²) in [7, 11) is 0. The molecule has 1 aliphatic rings. The van der Waals surface area contributed by atoms with Crippen molar-refractivity contribution in [2.24, 2.45) is 0 Å². The molecule has 1 saturated heterocycles. The number of piperazine rings is 1. The number of carbonyl (C=O) groups is 1. The van der Waals surface area contributed by atoms with Crippen molar-refractivity contribution in [3.8, 4) is 16.9 Å². The molecule has 1 aliphatic heterocycles. The maximum Gasteiger partial charge on any atom is 0.355 e. The Morgan fingerprint density at radius 3 is 2.50 bits per heavy atom. The Morgan fingerprint density at radius 2 is 1.86 bits per heavy atom. The number of nitrogens with zero attached hydrogens (tertiary/aromatic N) is 6. The van der Waals surface area contributed by atoms with Crippen molar-refractivity contribution in [1.29, 1.82) is 0 Å². The van der Waals surface area contributed by atoms with Crippen molar-refractivity contribution >= 4 is 40.0 Å². The van der Waals surface area contributed by atoms with Gasteiger partial charge in [-0.05, 0) is 43.5 Å². The molecule has 4 aromatic rings. The number of aromatic nitrogens is 4. The summed E-state index contributed by atoms with van der Waals surface area (Å²) in [5, 5.41) is -0.884. The fourth-order valence-electron chi connectivity index (χ4n) is 5.47. The Balaban J connectivity index is 1.87. The third-order valence-corrected chi connectivity index (χ3v) is 8.02. The van der Waals surface area contributed by atoms with Crippen molar-refractivity contribution in [1.82, 2.24) is 24.4 Å². The van der Waals surface area contributed by atoms with Gasteiger partial charge in [-0.1, -0.05) is 32.0 Å². The van der Waals surface area contributed by atoms with Crippen molar-refractivity contribution in [3.63, 3.8) is 0 Å². The van der Waals surface area contributed by atoms with E-state index in [9.17, 15) is 18.4 Å². The zero-order valence-electron chi connectivity index (χ0n) is 24.3. The number of rotatable bonds is 5. The molecule has 1 amide bonds. The van der Waals surface area contributed by atoms with Crippen LogP contribution < -0.4 is 16.3 Å². The van der Waals surface area contributed by atoms with E-state index >= 15 is 8.78 Å². The number of amides is 1. The number of carbonyl (C=O) groups excluding carboxylic acids is 1. The molecule has 5 rings (SSSR count). The van der Waals surface area contributed by atoms with E-state index in [-0.39, 0.29) is 54.4 Å². The molecular formula is C30H28ClF4N7O2. The number of nitrogens with two attached hydrogens (primary N) is 1. The van der Waals surface area contributed by atoms with E-state index in [1.165, 1.54) is 6.08 Å². The van der Waals surface area contributed by atoms with Crippen molar-refractivity contribution in [2.45, 2.75) is 39.7 Å². The van der Waals surface area contributed by atoms with Gasteiger partial charge in [-0.3, -0.25) is 9.78 Å². The lowest BCUT2D eigenvalue weighted by Gasteiger charge is -2.40. The van der Waals surface area contributed by atoms with Crippen LogP contribution in [0.1, 0.15) is 37.9 Å². The fourth-order valence-corrected chi connectivity index (χ4v) is 5.65. The average molecular weight is 630 g/mol. The zero-order valence-corrected chi connectivity index (χ0v) is 25.0. The lowest BCUT2D eigenvalue weighted by molar-refractivity contribution is -0.126. The summed E-state index contributed by atoms with van der Waals surface area (Å²) in [6, 6.07) is 2.28. The number of halogens is 5. The van der Waals surface area contributed by atoms with Gasteiger partial charge in [0.05, 0.1) is 28.0 Å². The first kappa shape index (κ1) is 30.9. The molecule has 230 valence electrons. The molecule has 0 aliphatic carbocycles. The summed E-state index contributed by atoms with van der Waals surface area (Å²) in [5.74, 6) is -7.01. The van der Waals surface area contributed by atoms with Gasteiger partial charge in [0.2, 0.25) is 5.91 Å². The van der Waals surface area contributed by atoms with Gasteiger partial charge in [-0.15, -0.1) is 0 Å². The first-order valence-electron chi connectivity index (χ1n) is 13.7. The van der Waals surface area contributed by atoms with Crippen LogP contribution in [0.25, 0.3) is 28.0 Å². The molecule has 1 atom stereocenters. The molecule has 0 spiro atoms. The van der Waals surface area contributed by atoms with Crippen molar-refractivity contribution < 1.29 is 22.4 Å². The summed E-state index contributed by atoms with van der Waals surface area (Å²) in [4.78, 5) is 42.6. The smallest absolute Gasteiger partial charge is 0.355 e. The molecule has 1 aromatic carbocycles. The number of fused-ring (bicyclic) bond motifs is 1. The number of benzene rings is 1. The Kier molecular flexibility index (Phi) is 8.10. The maximum atomic E-state index is 16.0. The minimum atomic E-state index is -1.96. The Bertz CT molecular complexity index is 1880.